The maximum atomic E-state index is 14.4. The number of amides is 2. The van der Waals surface area contributed by atoms with Crippen LogP contribution >= 0.6 is 0 Å². The molecule has 2 fully saturated rings. The second kappa shape index (κ2) is 20.2. The van der Waals surface area contributed by atoms with Gasteiger partial charge in [0.25, 0.3) is 5.91 Å². The maximum absolute atomic E-state index is 14.4. The molecular weight excluding hydrogens is 809 g/mol. The highest BCUT2D eigenvalue weighted by atomic mass is 32.2. The lowest BCUT2D eigenvalue weighted by Gasteiger charge is -2.50. The van der Waals surface area contributed by atoms with E-state index < -0.39 is 52.2 Å². The third-order valence-corrected chi connectivity index (χ3v) is 14.3. The van der Waals surface area contributed by atoms with Gasteiger partial charge in [-0.15, -0.1) is 0 Å². The number of hydrogen-bond acceptors (Lipinski definition) is 11. The summed E-state index contributed by atoms with van der Waals surface area (Å²) in [7, 11) is 5.38. The smallest absolute Gasteiger partial charge is 0.251 e. The van der Waals surface area contributed by atoms with Crippen LogP contribution in [0.2, 0.25) is 0 Å². The minimum Gasteiger partial charge on any atom is -0.496 e. The molecule has 1 saturated carbocycles. The molecule has 2 aliphatic rings. The van der Waals surface area contributed by atoms with Crippen LogP contribution in [-0.2, 0) is 26.2 Å². The fourth-order valence-electron chi connectivity index (χ4n) is 9.36. The van der Waals surface area contributed by atoms with Crippen molar-refractivity contribution in [2.75, 3.05) is 59.6 Å². The first kappa shape index (κ1) is 48.9. The van der Waals surface area contributed by atoms with Crippen molar-refractivity contribution >= 4 is 27.5 Å². The van der Waals surface area contributed by atoms with Crippen LogP contribution in [0.1, 0.15) is 75.5 Å². The third-order valence-electron chi connectivity index (χ3n) is 13.6. The predicted octanol–water partition coefficient (Wildman–Crippen LogP) is 4.68. The summed E-state index contributed by atoms with van der Waals surface area (Å²) in [5, 5.41) is 29.5. The number of carbonyl (C=O) groups is 2. The van der Waals surface area contributed by atoms with Crippen molar-refractivity contribution in [1.29, 1.82) is 0 Å². The van der Waals surface area contributed by atoms with Crippen molar-refractivity contribution in [2.45, 2.75) is 90.9 Å². The van der Waals surface area contributed by atoms with Gasteiger partial charge >= 0.3 is 0 Å². The number of para-hydroxylation sites is 1. The van der Waals surface area contributed by atoms with Gasteiger partial charge in [0.1, 0.15) is 17.9 Å². The van der Waals surface area contributed by atoms with E-state index in [-0.39, 0.29) is 36.4 Å². The summed E-state index contributed by atoms with van der Waals surface area (Å²) in [6.07, 6.45) is 0.155. The molecule has 0 aromatic heterocycles. The molecule has 0 spiro atoms. The van der Waals surface area contributed by atoms with Crippen LogP contribution in [0.25, 0.3) is 11.1 Å². The molecule has 14 nitrogen and oxygen atoms in total. The Bertz CT molecular complexity index is 2120. The van der Waals surface area contributed by atoms with E-state index in [4.69, 9.17) is 9.57 Å². The van der Waals surface area contributed by atoms with Gasteiger partial charge in [0.05, 0.1) is 44.7 Å². The van der Waals surface area contributed by atoms with E-state index in [1.165, 1.54) is 0 Å². The Morgan fingerprint density at radius 2 is 1.69 bits per heavy atom. The first-order valence-corrected chi connectivity index (χ1v) is 23.5. The highest BCUT2D eigenvalue weighted by molar-refractivity contribution is 7.88. The first-order chi connectivity index (χ1) is 29.1. The lowest BCUT2D eigenvalue weighted by Crippen LogP contribution is -2.56. The van der Waals surface area contributed by atoms with E-state index in [9.17, 15) is 28.2 Å². The first-order valence-electron chi connectivity index (χ1n) is 21.6. The number of hydroxylamine groups is 2. The van der Waals surface area contributed by atoms with Gasteiger partial charge < -0.3 is 35.4 Å². The summed E-state index contributed by atoms with van der Waals surface area (Å²) in [5.74, 6) is 0.0816. The number of anilines is 1. The van der Waals surface area contributed by atoms with Gasteiger partial charge in [-0.25, -0.2) is 13.1 Å². The Morgan fingerprint density at radius 3 is 2.27 bits per heavy atom. The van der Waals surface area contributed by atoms with Crippen LogP contribution in [0.15, 0.2) is 66.7 Å². The number of hydrogen-bond donors (Lipinski definition) is 5. The van der Waals surface area contributed by atoms with Crippen LogP contribution < -0.4 is 25.0 Å². The molecular formula is C47H70N6O8S. The monoisotopic (exact) mass is 878 g/mol. The van der Waals surface area contributed by atoms with Crippen molar-refractivity contribution in [3.8, 4) is 16.9 Å². The zero-order valence-electron chi connectivity index (χ0n) is 38.5. The Morgan fingerprint density at radius 1 is 1.02 bits per heavy atom. The molecule has 15 heteroatoms. The standard InChI is InChI=1S/C47H70N6O8S/c1-28-21-38(29(2)30(3)47(28,5)6)48-46(57)43-41(31(4)55)40(27-54)61-53(43)25-33-19-16-20-37(44(33)60-11)34-22-35(24-36(23-34)52(9)10)45(56)49-39(26-51(7)8)42(50-62(12,58)59)32-17-14-13-15-18-32/h13-20,22-24,28-31,38-43,50,54-55H,21,25-27H2,1-12H3,(H,48,57)(H,49,56)/t28-,29+,30+,31+,38+,39-,40+,41-,42+,43+/m1/s1. The van der Waals surface area contributed by atoms with Crippen molar-refractivity contribution in [2.24, 2.45) is 29.1 Å². The number of sulfonamides is 1. The van der Waals surface area contributed by atoms with Crippen LogP contribution in [0.3, 0.4) is 0 Å². The Hall–Kier alpha value is -4.09. The Kier molecular flexibility index (Phi) is 15.9. The van der Waals surface area contributed by atoms with E-state index in [0.29, 0.717) is 51.9 Å². The number of nitrogens with zero attached hydrogens (tertiary/aromatic N) is 3. The molecule has 1 saturated heterocycles. The van der Waals surface area contributed by atoms with Crippen LogP contribution in [0.5, 0.6) is 5.75 Å². The van der Waals surface area contributed by atoms with Gasteiger partial charge in [0.2, 0.25) is 15.9 Å². The largest absolute Gasteiger partial charge is 0.496 e. The second-order valence-electron chi connectivity index (χ2n) is 18.7. The zero-order valence-corrected chi connectivity index (χ0v) is 39.4. The third kappa shape index (κ3) is 11.2. The number of carbonyl (C=O) groups excluding carboxylic acids is 2. The molecule has 342 valence electrons. The second-order valence-corrected chi connectivity index (χ2v) is 20.4. The van der Waals surface area contributed by atoms with Crippen molar-refractivity contribution < 1.29 is 37.8 Å². The van der Waals surface area contributed by atoms with E-state index in [2.05, 4.69) is 50.0 Å². The molecule has 0 unspecified atom stereocenters. The Balaban J connectivity index is 1.50. The number of methoxy groups -OCH3 is 1. The quantitative estimate of drug-likeness (QED) is 0.128. The molecule has 1 aliphatic carbocycles. The van der Waals surface area contributed by atoms with Crippen molar-refractivity contribution in [1.82, 2.24) is 25.3 Å². The summed E-state index contributed by atoms with van der Waals surface area (Å²) in [6.45, 7) is 12.9. The minimum absolute atomic E-state index is 0.0724. The van der Waals surface area contributed by atoms with Crippen LogP contribution in [0, 0.1) is 29.1 Å². The topological polar surface area (TPSA) is 173 Å². The summed E-state index contributed by atoms with van der Waals surface area (Å²) in [5.41, 5.74) is 3.96. The van der Waals surface area contributed by atoms with Gasteiger partial charge in [0, 0.05) is 55.0 Å². The van der Waals surface area contributed by atoms with Gasteiger partial charge in [-0.1, -0.05) is 83.1 Å². The molecule has 3 aromatic rings. The highest BCUT2D eigenvalue weighted by Gasteiger charge is 2.51. The normalized spacial score (nSPS) is 25.5. The van der Waals surface area contributed by atoms with E-state index in [1.54, 1.807) is 31.2 Å². The highest BCUT2D eigenvalue weighted by Crippen LogP contribution is 2.48. The van der Waals surface area contributed by atoms with E-state index in [0.717, 1.165) is 18.4 Å². The number of benzene rings is 3. The Labute approximate surface area is 369 Å². The maximum Gasteiger partial charge on any atom is 0.251 e. The fraction of sp³-hybridized carbons (Fsp3) is 0.574. The van der Waals surface area contributed by atoms with Gasteiger partial charge in [-0.2, -0.15) is 5.06 Å². The molecule has 5 N–H and O–H groups in total. The van der Waals surface area contributed by atoms with Crippen LogP contribution in [-0.4, -0.2) is 125 Å². The van der Waals surface area contributed by atoms with Crippen molar-refractivity contribution in [3.63, 3.8) is 0 Å². The number of nitrogens with one attached hydrogen (secondary N) is 3. The zero-order chi connectivity index (χ0) is 45.8. The lowest BCUT2D eigenvalue weighted by atomic mass is 9.58. The number of likely N-dealkylation sites (N-methyl/N-ethyl adjacent to an activating group) is 1. The fourth-order valence-corrected chi connectivity index (χ4v) is 10.1. The average Bonchev–Trinajstić information content (AvgIpc) is 3.59. The lowest BCUT2D eigenvalue weighted by molar-refractivity contribution is -0.182. The molecule has 3 aromatic carbocycles. The molecule has 0 radical (unpaired) electrons. The molecule has 0 bridgehead atoms. The number of aliphatic hydroxyl groups excluding tert-OH is 2. The summed E-state index contributed by atoms with van der Waals surface area (Å²) >= 11 is 0. The SMILES string of the molecule is COc1c(CN2O[C@@H](CO)[C@@H]([C@H](C)O)[C@H]2C(=O)N[C@H]2C[C@@H](C)C(C)(C)[C@@H](C)[C@@H]2C)cccc1-c1cc(C(=O)N[C@H](CN(C)C)[C@@H](NS(C)(=O)=O)c2ccccc2)cc(N(C)C)c1. The molecule has 2 amide bonds. The number of rotatable bonds is 17. The number of ether oxygens (including phenoxy) is 1. The molecule has 10 atom stereocenters. The van der Waals surface area contributed by atoms with Gasteiger partial charge in [-0.3, -0.25) is 14.4 Å². The summed E-state index contributed by atoms with van der Waals surface area (Å²) in [6, 6.07) is 17.9. The van der Waals surface area contributed by atoms with Gasteiger partial charge in [-0.05, 0) is 79.9 Å². The molecule has 1 heterocycles. The molecule has 62 heavy (non-hydrogen) atoms. The van der Waals surface area contributed by atoms with Crippen LogP contribution in [0.4, 0.5) is 5.69 Å². The average molecular weight is 879 g/mol. The van der Waals surface area contributed by atoms with E-state index >= 15 is 0 Å². The van der Waals surface area contributed by atoms with Gasteiger partial charge in [0.15, 0.2) is 0 Å². The predicted molar refractivity (Wildman–Crippen MR) is 244 cm³/mol. The molecule has 1 aliphatic heterocycles. The minimum atomic E-state index is -3.67. The molecule has 5 rings (SSSR count). The number of aliphatic hydroxyl groups is 2. The van der Waals surface area contributed by atoms with Crippen molar-refractivity contribution in [3.05, 3.63) is 83.4 Å². The summed E-state index contributed by atoms with van der Waals surface area (Å²) < 4.78 is 34.1. The van der Waals surface area contributed by atoms with E-state index in [1.807, 2.05) is 92.6 Å². The summed E-state index contributed by atoms with van der Waals surface area (Å²) in [4.78, 5) is 38.9.